The van der Waals surface area contributed by atoms with Crippen molar-refractivity contribution in [2.24, 2.45) is 0 Å². The summed E-state index contributed by atoms with van der Waals surface area (Å²) < 4.78 is 0. The highest BCUT2D eigenvalue weighted by Crippen LogP contribution is 2.32. The lowest BCUT2D eigenvalue weighted by atomic mass is 9.90. The number of benzene rings is 1. The Morgan fingerprint density at radius 1 is 1.33 bits per heavy atom. The fourth-order valence-corrected chi connectivity index (χ4v) is 2.50. The minimum absolute atomic E-state index is 0.139. The number of nitrogens with one attached hydrogen (secondary N) is 2. The number of carbonyl (C=O) groups excluding carboxylic acids is 2. The third-order valence-electron chi connectivity index (χ3n) is 3.48. The lowest BCUT2D eigenvalue weighted by Gasteiger charge is -2.24. The van der Waals surface area contributed by atoms with Crippen LogP contribution in [-0.4, -0.2) is 16.8 Å². The van der Waals surface area contributed by atoms with Gasteiger partial charge < -0.3 is 10.6 Å². The molecular formula is C16H15N3O2. The van der Waals surface area contributed by atoms with Crippen LogP contribution in [0, 0.1) is 6.92 Å². The lowest BCUT2D eigenvalue weighted by molar-refractivity contribution is -0.123. The number of fused-ring (bicyclic) bond motifs is 1. The fourth-order valence-electron chi connectivity index (χ4n) is 2.50. The van der Waals surface area contributed by atoms with E-state index in [0.29, 0.717) is 11.4 Å². The number of anilines is 2. The van der Waals surface area contributed by atoms with Gasteiger partial charge in [-0.1, -0.05) is 18.2 Å². The molecule has 0 radical (unpaired) electrons. The highest BCUT2D eigenvalue weighted by Gasteiger charge is 2.30. The Balaban J connectivity index is 1.86. The summed E-state index contributed by atoms with van der Waals surface area (Å²) >= 11 is 0. The average molecular weight is 281 g/mol. The van der Waals surface area contributed by atoms with E-state index in [-0.39, 0.29) is 18.2 Å². The van der Waals surface area contributed by atoms with Crippen molar-refractivity contribution >= 4 is 23.2 Å². The molecule has 1 unspecified atom stereocenters. The van der Waals surface area contributed by atoms with Crippen LogP contribution in [0.2, 0.25) is 0 Å². The number of aryl methyl sites for hydroxylation is 1. The first kappa shape index (κ1) is 13.3. The quantitative estimate of drug-likeness (QED) is 0.888. The van der Waals surface area contributed by atoms with E-state index in [9.17, 15) is 9.59 Å². The van der Waals surface area contributed by atoms with E-state index in [0.717, 1.165) is 11.3 Å². The van der Waals surface area contributed by atoms with Crippen molar-refractivity contribution in [1.29, 1.82) is 0 Å². The SMILES string of the molecule is Cc1cc(NC(=O)C2CC(=O)Nc3ccccc32)ccn1. The molecule has 2 heterocycles. The maximum absolute atomic E-state index is 12.5. The van der Waals surface area contributed by atoms with Crippen molar-refractivity contribution in [3.05, 3.63) is 53.9 Å². The number of rotatable bonds is 2. The summed E-state index contributed by atoms with van der Waals surface area (Å²) in [5.74, 6) is -0.786. The Labute approximate surface area is 122 Å². The van der Waals surface area contributed by atoms with E-state index in [2.05, 4.69) is 15.6 Å². The monoisotopic (exact) mass is 281 g/mol. The van der Waals surface area contributed by atoms with Crippen LogP contribution in [0.15, 0.2) is 42.6 Å². The van der Waals surface area contributed by atoms with Crippen molar-refractivity contribution in [3.63, 3.8) is 0 Å². The van der Waals surface area contributed by atoms with Gasteiger partial charge >= 0.3 is 0 Å². The second-order valence-corrected chi connectivity index (χ2v) is 5.07. The van der Waals surface area contributed by atoms with Gasteiger partial charge in [-0.3, -0.25) is 14.6 Å². The largest absolute Gasteiger partial charge is 0.326 e. The van der Waals surface area contributed by atoms with Crippen LogP contribution in [0.1, 0.15) is 23.6 Å². The summed E-state index contributed by atoms with van der Waals surface area (Å²) in [5, 5.41) is 5.64. The molecule has 2 aromatic rings. The molecule has 3 rings (SSSR count). The maximum atomic E-state index is 12.5. The molecule has 1 aromatic heterocycles. The zero-order chi connectivity index (χ0) is 14.8. The van der Waals surface area contributed by atoms with Gasteiger partial charge in [0, 0.05) is 29.7 Å². The molecule has 0 saturated carbocycles. The van der Waals surface area contributed by atoms with Gasteiger partial charge in [-0.05, 0) is 30.7 Å². The molecule has 1 aromatic carbocycles. The smallest absolute Gasteiger partial charge is 0.232 e. The summed E-state index contributed by atoms with van der Waals surface area (Å²) in [5.41, 5.74) is 3.07. The number of hydrogen-bond acceptors (Lipinski definition) is 3. The van der Waals surface area contributed by atoms with Gasteiger partial charge in [-0.15, -0.1) is 0 Å². The minimum Gasteiger partial charge on any atom is -0.326 e. The van der Waals surface area contributed by atoms with E-state index in [1.165, 1.54) is 0 Å². The molecule has 1 aliphatic heterocycles. The van der Waals surface area contributed by atoms with Crippen LogP contribution in [0.25, 0.3) is 0 Å². The van der Waals surface area contributed by atoms with E-state index in [1.807, 2.05) is 31.2 Å². The molecule has 106 valence electrons. The third-order valence-corrected chi connectivity index (χ3v) is 3.48. The normalized spacial score (nSPS) is 16.8. The summed E-state index contributed by atoms with van der Waals surface area (Å²) in [6, 6.07) is 10.9. The minimum atomic E-state index is -0.469. The van der Waals surface area contributed by atoms with Crippen LogP contribution in [0.3, 0.4) is 0 Å². The first-order chi connectivity index (χ1) is 10.1. The number of pyridine rings is 1. The Kier molecular flexibility index (Phi) is 3.39. The summed E-state index contributed by atoms with van der Waals surface area (Å²) in [4.78, 5) is 28.3. The lowest BCUT2D eigenvalue weighted by Crippen LogP contribution is -2.30. The van der Waals surface area contributed by atoms with Crippen LogP contribution in [0.5, 0.6) is 0 Å². The van der Waals surface area contributed by atoms with Crippen LogP contribution in [0.4, 0.5) is 11.4 Å². The molecule has 0 spiro atoms. The molecule has 2 N–H and O–H groups in total. The standard InChI is InChI=1S/C16H15N3O2/c1-10-8-11(6-7-17-10)18-16(21)13-9-15(20)19-14-5-3-2-4-12(13)14/h2-8,13H,9H2,1H3,(H,19,20)(H,17,18,21). The van der Waals surface area contributed by atoms with Gasteiger partial charge in [0.25, 0.3) is 0 Å². The number of para-hydroxylation sites is 1. The Morgan fingerprint density at radius 2 is 2.14 bits per heavy atom. The predicted molar refractivity (Wildman–Crippen MR) is 80.0 cm³/mol. The van der Waals surface area contributed by atoms with Gasteiger partial charge in [-0.25, -0.2) is 0 Å². The van der Waals surface area contributed by atoms with Crippen LogP contribution >= 0.6 is 0 Å². The summed E-state index contributed by atoms with van der Waals surface area (Å²) in [7, 11) is 0. The van der Waals surface area contributed by atoms with Crippen LogP contribution < -0.4 is 10.6 Å². The molecule has 21 heavy (non-hydrogen) atoms. The van der Waals surface area contributed by atoms with Crippen molar-refractivity contribution in [2.75, 3.05) is 10.6 Å². The Bertz CT molecular complexity index is 712. The molecule has 5 heteroatoms. The molecule has 5 nitrogen and oxygen atoms in total. The van der Waals surface area contributed by atoms with Gasteiger partial charge in [0.15, 0.2) is 0 Å². The van der Waals surface area contributed by atoms with Crippen LogP contribution in [-0.2, 0) is 9.59 Å². The first-order valence-electron chi connectivity index (χ1n) is 6.76. The highest BCUT2D eigenvalue weighted by atomic mass is 16.2. The average Bonchev–Trinajstić information content (AvgIpc) is 2.46. The Hall–Kier alpha value is -2.69. The molecular weight excluding hydrogens is 266 g/mol. The van der Waals surface area contributed by atoms with E-state index < -0.39 is 5.92 Å². The molecule has 0 fully saturated rings. The highest BCUT2D eigenvalue weighted by molar-refractivity contribution is 6.05. The second-order valence-electron chi connectivity index (χ2n) is 5.07. The molecule has 0 bridgehead atoms. The van der Waals surface area contributed by atoms with Crippen molar-refractivity contribution in [1.82, 2.24) is 4.98 Å². The summed E-state index contributed by atoms with van der Waals surface area (Å²) in [6.45, 7) is 1.86. The molecule has 1 aliphatic rings. The van der Waals surface area contributed by atoms with Gasteiger partial charge in [0.05, 0.1) is 5.92 Å². The number of amides is 2. The van der Waals surface area contributed by atoms with Gasteiger partial charge in [-0.2, -0.15) is 0 Å². The number of nitrogens with zero attached hydrogens (tertiary/aromatic N) is 1. The predicted octanol–water partition coefficient (Wildman–Crippen LogP) is 2.45. The zero-order valence-electron chi connectivity index (χ0n) is 11.6. The third kappa shape index (κ3) is 2.76. The van der Waals surface area contributed by atoms with E-state index in [4.69, 9.17) is 0 Å². The number of hydrogen-bond donors (Lipinski definition) is 2. The maximum Gasteiger partial charge on any atom is 0.232 e. The topological polar surface area (TPSA) is 71.1 Å². The van der Waals surface area contributed by atoms with Crippen molar-refractivity contribution < 1.29 is 9.59 Å². The molecule has 0 saturated heterocycles. The first-order valence-corrected chi connectivity index (χ1v) is 6.76. The Morgan fingerprint density at radius 3 is 2.95 bits per heavy atom. The molecule has 2 amide bonds. The van der Waals surface area contributed by atoms with Crippen molar-refractivity contribution in [3.8, 4) is 0 Å². The van der Waals surface area contributed by atoms with E-state index in [1.54, 1.807) is 18.3 Å². The second kappa shape index (κ2) is 5.36. The molecule has 1 atom stereocenters. The van der Waals surface area contributed by atoms with Gasteiger partial charge in [0.1, 0.15) is 0 Å². The van der Waals surface area contributed by atoms with Gasteiger partial charge in [0.2, 0.25) is 11.8 Å². The molecule has 0 aliphatic carbocycles. The number of carbonyl (C=O) groups is 2. The number of aromatic nitrogens is 1. The van der Waals surface area contributed by atoms with Crippen molar-refractivity contribution in [2.45, 2.75) is 19.3 Å². The fraction of sp³-hybridized carbons (Fsp3) is 0.188. The summed E-state index contributed by atoms with van der Waals surface area (Å²) in [6.07, 6.45) is 1.80. The zero-order valence-corrected chi connectivity index (χ0v) is 11.6. The van der Waals surface area contributed by atoms with E-state index >= 15 is 0 Å².